The van der Waals surface area contributed by atoms with Crippen LogP contribution in [0.15, 0.2) is 54.6 Å². The van der Waals surface area contributed by atoms with Crippen molar-refractivity contribution in [3.8, 4) is 6.07 Å². The topological polar surface area (TPSA) is 33.0 Å². The van der Waals surface area contributed by atoms with Crippen molar-refractivity contribution in [2.45, 2.75) is 45.0 Å². The minimum atomic E-state index is -1.73. The highest BCUT2D eigenvalue weighted by Gasteiger charge is 2.33. The van der Waals surface area contributed by atoms with Gasteiger partial charge in [-0.05, 0) is 41.4 Å². The number of rotatable bonds is 7. The maximum atomic E-state index is 9.01. The van der Waals surface area contributed by atoms with Gasteiger partial charge in [0.25, 0.3) is 0 Å². The highest BCUT2D eigenvalue weighted by molar-refractivity contribution is 6.73. The maximum Gasteiger partial charge on any atom is 0.193 e. The molecule has 0 amide bonds. The molecule has 2 rings (SSSR count). The van der Waals surface area contributed by atoms with E-state index in [4.69, 9.17) is 9.69 Å². The Morgan fingerprint density at radius 2 is 1.39 bits per heavy atom. The first-order valence-electron chi connectivity index (χ1n) is 8.40. The lowest BCUT2D eigenvalue weighted by atomic mass is 10.0. The predicted octanol–water partition coefficient (Wildman–Crippen LogP) is 5.67. The molecule has 0 aliphatic heterocycles. The third kappa shape index (κ3) is 4.10. The van der Waals surface area contributed by atoms with Crippen LogP contribution in [0.3, 0.4) is 0 Å². The van der Waals surface area contributed by atoms with Gasteiger partial charge < -0.3 is 4.43 Å². The number of nitrogens with zero attached hydrogens (tertiary/aromatic N) is 1. The van der Waals surface area contributed by atoms with Crippen LogP contribution in [0, 0.1) is 11.3 Å². The standard InChI is InChI=1S/C20H25NOSi/c1-4-23(5-2,6-3)22-20(18-10-8-7-9-11-18)19-14-12-17(16-21)13-15-19/h7-15,20H,4-6H2,1-3H3. The molecule has 2 aromatic carbocycles. The fraction of sp³-hybridized carbons (Fsp3) is 0.350. The van der Waals surface area contributed by atoms with Gasteiger partial charge in [0.05, 0.1) is 17.7 Å². The highest BCUT2D eigenvalue weighted by atomic mass is 28.4. The van der Waals surface area contributed by atoms with E-state index < -0.39 is 8.32 Å². The van der Waals surface area contributed by atoms with Gasteiger partial charge in [0.15, 0.2) is 8.32 Å². The number of nitriles is 1. The predicted molar refractivity (Wildman–Crippen MR) is 97.7 cm³/mol. The van der Waals surface area contributed by atoms with Crippen LogP contribution in [0.4, 0.5) is 0 Å². The average Bonchev–Trinajstić information content (AvgIpc) is 2.64. The summed E-state index contributed by atoms with van der Waals surface area (Å²) in [7, 11) is -1.73. The number of hydrogen-bond acceptors (Lipinski definition) is 2. The highest BCUT2D eigenvalue weighted by Crippen LogP contribution is 2.34. The Morgan fingerprint density at radius 3 is 1.87 bits per heavy atom. The Hall–Kier alpha value is -1.89. The molecule has 0 aliphatic rings. The molecule has 0 saturated carbocycles. The smallest absolute Gasteiger partial charge is 0.193 e. The van der Waals surface area contributed by atoms with Crippen LogP contribution in [0.25, 0.3) is 0 Å². The minimum absolute atomic E-state index is 0.0459. The Bertz CT molecular complexity index is 633. The molecule has 3 heteroatoms. The Kier molecular flexibility index (Phi) is 6.15. The Balaban J connectivity index is 2.41. The summed E-state index contributed by atoms with van der Waals surface area (Å²) in [6, 6.07) is 23.8. The van der Waals surface area contributed by atoms with E-state index in [2.05, 4.69) is 51.1 Å². The second kappa shape index (κ2) is 8.10. The van der Waals surface area contributed by atoms with E-state index in [0.717, 1.165) is 23.7 Å². The van der Waals surface area contributed by atoms with E-state index in [1.807, 2.05) is 30.3 Å². The molecule has 1 unspecified atom stereocenters. The van der Waals surface area contributed by atoms with Crippen LogP contribution >= 0.6 is 0 Å². The summed E-state index contributed by atoms with van der Waals surface area (Å²) in [5, 5.41) is 9.01. The molecule has 1 atom stereocenters. The van der Waals surface area contributed by atoms with Gasteiger partial charge in [-0.1, -0.05) is 63.2 Å². The molecular weight excluding hydrogens is 298 g/mol. The first kappa shape index (κ1) is 17.5. The van der Waals surface area contributed by atoms with Gasteiger partial charge >= 0.3 is 0 Å². The average molecular weight is 324 g/mol. The van der Waals surface area contributed by atoms with Crippen molar-refractivity contribution in [1.29, 1.82) is 5.26 Å². The Labute approximate surface area is 140 Å². The summed E-state index contributed by atoms with van der Waals surface area (Å²) in [6.07, 6.45) is -0.0459. The molecule has 0 aliphatic carbocycles. The van der Waals surface area contributed by atoms with Gasteiger partial charge in [-0.15, -0.1) is 0 Å². The number of hydrogen-bond donors (Lipinski definition) is 0. The lowest BCUT2D eigenvalue weighted by Gasteiger charge is -2.34. The molecule has 23 heavy (non-hydrogen) atoms. The second-order valence-corrected chi connectivity index (χ2v) is 10.6. The van der Waals surface area contributed by atoms with Crippen molar-refractivity contribution in [2.24, 2.45) is 0 Å². The molecule has 0 N–H and O–H groups in total. The molecule has 0 bridgehead atoms. The largest absolute Gasteiger partial charge is 0.406 e. The van der Waals surface area contributed by atoms with Crippen LogP contribution in [0.5, 0.6) is 0 Å². The third-order valence-corrected chi connectivity index (χ3v) is 9.35. The number of benzene rings is 2. The van der Waals surface area contributed by atoms with Crippen LogP contribution in [0.1, 0.15) is 43.6 Å². The summed E-state index contributed by atoms with van der Waals surface area (Å²) in [5.41, 5.74) is 3.00. The van der Waals surface area contributed by atoms with E-state index >= 15 is 0 Å². The summed E-state index contributed by atoms with van der Waals surface area (Å²) in [4.78, 5) is 0. The van der Waals surface area contributed by atoms with Crippen molar-refractivity contribution >= 4 is 8.32 Å². The van der Waals surface area contributed by atoms with E-state index in [9.17, 15) is 0 Å². The van der Waals surface area contributed by atoms with Crippen molar-refractivity contribution in [3.05, 3.63) is 71.3 Å². The normalized spacial score (nSPS) is 12.6. The quantitative estimate of drug-likeness (QED) is 0.615. The van der Waals surface area contributed by atoms with Crippen LogP contribution < -0.4 is 0 Å². The van der Waals surface area contributed by atoms with E-state index in [-0.39, 0.29) is 6.10 Å². The first-order valence-corrected chi connectivity index (χ1v) is 10.9. The molecule has 0 fully saturated rings. The fourth-order valence-electron chi connectivity index (χ4n) is 2.94. The van der Waals surface area contributed by atoms with E-state index in [1.165, 1.54) is 5.56 Å². The lowest BCUT2D eigenvalue weighted by Crippen LogP contribution is -2.37. The molecule has 0 radical (unpaired) electrons. The Morgan fingerprint density at radius 1 is 0.870 bits per heavy atom. The van der Waals surface area contributed by atoms with Crippen molar-refractivity contribution in [1.82, 2.24) is 0 Å². The van der Waals surface area contributed by atoms with Crippen molar-refractivity contribution < 1.29 is 4.43 Å². The molecule has 2 aromatic rings. The zero-order valence-corrected chi connectivity index (χ0v) is 15.3. The first-order chi connectivity index (χ1) is 11.2. The monoisotopic (exact) mass is 323 g/mol. The van der Waals surface area contributed by atoms with Crippen molar-refractivity contribution in [3.63, 3.8) is 0 Å². The molecule has 120 valence electrons. The summed E-state index contributed by atoms with van der Waals surface area (Å²) >= 11 is 0. The van der Waals surface area contributed by atoms with Gasteiger partial charge in [-0.25, -0.2) is 0 Å². The van der Waals surface area contributed by atoms with Gasteiger partial charge in [-0.2, -0.15) is 5.26 Å². The fourth-order valence-corrected chi connectivity index (χ4v) is 5.71. The van der Waals surface area contributed by atoms with Crippen molar-refractivity contribution in [2.75, 3.05) is 0 Å². The zero-order valence-electron chi connectivity index (χ0n) is 14.3. The van der Waals surface area contributed by atoms with Gasteiger partial charge in [-0.3, -0.25) is 0 Å². The van der Waals surface area contributed by atoms with Crippen LogP contribution in [-0.4, -0.2) is 8.32 Å². The lowest BCUT2D eigenvalue weighted by molar-refractivity contribution is 0.230. The molecule has 0 spiro atoms. The third-order valence-electron chi connectivity index (χ3n) is 4.75. The zero-order chi connectivity index (χ0) is 16.7. The molecule has 0 aromatic heterocycles. The molecule has 0 heterocycles. The van der Waals surface area contributed by atoms with Crippen LogP contribution in [-0.2, 0) is 4.43 Å². The SMILES string of the molecule is CC[Si](CC)(CC)OC(c1ccccc1)c1ccc(C#N)cc1. The maximum absolute atomic E-state index is 9.01. The minimum Gasteiger partial charge on any atom is -0.406 e. The van der Waals surface area contributed by atoms with Gasteiger partial charge in [0.2, 0.25) is 0 Å². The van der Waals surface area contributed by atoms with Gasteiger partial charge in [0.1, 0.15) is 0 Å². The summed E-state index contributed by atoms with van der Waals surface area (Å²) in [6.45, 7) is 6.75. The summed E-state index contributed by atoms with van der Waals surface area (Å²) in [5.74, 6) is 0. The molecule has 2 nitrogen and oxygen atoms in total. The summed E-state index contributed by atoms with van der Waals surface area (Å²) < 4.78 is 6.79. The van der Waals surface area contributed by atoms with E-state index in [1.54, 1.807) is 0 Å². The molecule has 0 saturated heterocycles. The second-order valence-electron chi connectivity index (χ2n) is 5.89. The molecular formula is C20H25NOSi. The van der Waals surface area contributed by atoms with Crippen LogP contribution in [0.2, 0.25) is 18.1 Å². The van der Waals surface area contributed by atoms with Gasteiger partial charge in [0, 0.05) is 0 Å². The van der Waals surface area contributed by atoms with E-state index in [0.29, 0.717) is 5.56 Å².